The molecule has 3 rings (SSSR count). The van der Waals surface area contributed by atoms with Gasteiger partial charge in [0.1, 0.15) is 0 Å². The van der Waals surface area contributed by atoms with Crippen LogP contribution in [0.2, 0.25) is 18.1 Å². The number of aliphatic hydroxyl groups is 1. The molecular weight excluding hydrogens is 448 g/mol. The average Bonchev–Trinajstić information content (AvgIpc) is 2.79. The third-order valence-electron chi connectivity index (χ3n) is 7.09. The zero-order chi connectivity index (χ0) is 24.3. The van der Waals surface area contributed by atoms with E-state index >= 15 is 0 Å². The Hall–Kier alpha value is -1.73. The highest BCUT2D eigenvalue weighted by Crippen LogP contribution is 2.48. The van der Waals surface area contributed by atoms with Crippen LogP contribution in [0.25, 0.3) is 0 Å². The van der Waals surface area contributed by atoms with Crippen molar-refractivity contribution in [2.24, 2.45) is 0 Å². The first-order chi connectivity index (χ1) is 15.6. The lowest BCUT2D eigenvalue weighted by Gasteiger charge is -2.45. The number of rotatable bonds is 8. The Morgan fingerprint density at radius 3 is 2.27 bits per heavy atom. The summed E-state index contributed by atoms with van der Waals surface area (Å²) in [7, 11) is 1.34. The van der Waals surface area contributed by atoms with E-state index in [1.54, 1.807) is 26.0 Å². The quantitative estimate of drug-likeness (QED) is 0.343. The molecule has 0 aromatic heterocycles. The molecule has 0 fully saturated rings. The molecule has 2 aromatic rings. The van der Waals surface area contributed by atoms with E-state index in [2.05, 4.69) is 70.3 Å². The molecule has 2 aromatic carbocycles. The van der Waals surface area contributed by atoms with E-state index in [9.17, 15) is 5.11 Å². The highest BCUT2D eigenvalue weighted by Gasteiger charge is 2.45. The van der Waals surface area contributed by atoms with E-state index in [1.165, 1.54) is 4.90 Å². The second kappa shape index (κ2) is 10.3. The summed E-state index contributed by atoms with van der Waals surface area (Å²) < 4.78 is 17.8. The molecule has 3 atom stereocenters. The first-order valence-electron chi connectivity index (χ1n) is 11.5. The van der Waals surface area contributed by atoms with Gasteiger partial charge in [-0.2, -0.15) is 0 Å². The Balaban J connectivity index is 2.04. The predicted octanol–water partition coefficient (Wildman–Crippen LogP) is 6.45. The summed E-state index contributed by atoms with van der Waals surface area (Å²) in [6.07, 6.45) is 5.16. The molecule has 0 saturated heterocycles. The standard InChI is InChI=1S/C27H38O4SSi/c1-26(2,3)33(6,7)31-21-15-16-27(19-28,20-13-14-23(29-4)24(17-20)30-5)25(18-21)32-22-11-9-8-10-12-22/h8-17,21,25,28H,18-19H2,1-7H3/t21-,25+,27-/m1/s1. The fourth-order valence-corrected chi connectivity index (χ4v) is 6.71. The molecule has 0 unspecified atom stereocenters. The van der Waals surface area contributed by atoms with Gasteiger partial charge in [0, 0.05) is 15.6 Å². The number of methoxy groups -OCH3 is 2. The molecule has 6 heteroatoms. The third-order valence-corrected chi connectivity index (χ3v) is 13.0. The van der Waals surface area contributed by atoms with Crippen molar-refractivity contribution < 1.29 is 19.0 Å². The molecule has 180 valence electrons. The Kier molecular flexibility index (Phi) is 8.05. The molecule has 1 aliphatic rings. The van der Waals surface area contributed by atoms with Crippen LogP contribution in [0.5, 0.6) is 11.5 Å². The van der Waals surface area contributed by atoms with E-state index in [0.29, 0.717) is 11.5 Å². The number of aliphatic hydroxyl groups excluding tert-OH is 1. The van der Waals surface area contributed by atoms with Crippen LogP contribution in [0.4, 0.5) is 0 Å². The monoisotopic (exact) mass is 486 g/mol. The van der Waals surface area contributed by atoms with Gasteiger partial charge in [-0.05, 0) is 54.4 Å². The van der Waals surface area contributed by atoms with Crippen LogP contribution < -0.4 is 9.47 Å². The Morgan fingerprint density at radius 1 is 1.03 bits per heavy atom. The fourth-order valence-electron chi connectivity index (χ4n) is 4.00. The lowest BCUT2D eigenvalue weighted by atomic mass is 9.73. The van der Waals surface area contributed by atoms with Crippen molar-refractivity contribution in [2.45, 2.75) is 67.0 Å². The Morgan fingerprint density at radius 2 is 1.70 bits per heavy atom. The molecule has 0 spiro atoms. The van der Waals surface area contributed by atoms with Crippen LogP contribution in [0.3, 0.4) is 0 Å². The summed E-state index contributed by atoms with van der Waals surface area (Å²) in [5, 5.41) is 11.0. The predicted molar refractivity (Wildman–Crippen MR) is 140 cm³/mol. The van der Waals surface area contributed by atoms with E-state index < -0.39 is 13.7 Å². The van der Waals surface area contributed by atoms with Crippen molar-refractivity contribution in [3.63, 3.8) is 0 Å². The van der Waals surface area contributed by atoms with Crippen molar-refractivity contribution in [2.75, 3.05) is 20.8 Å². The van der Waals surface area contributed by atoms with Crippen LogP contribution in [0.1, 0.15) is 32.8 Å². The maximum atomic E-state index is 10.8. The molecule has 0 aliphatic heterocycles. The van der Waals surface area contributed by atoms with Gasteiger partial charge in [0.15, 0.2) is 19.8 Å². The normalized spacial score (nSPS) is 23.4. The van der Waals surface area contributed by atoms with Gasteiger partial charge in [-0.1, -0.05) is 57.2 Å². The molecule has 0 radical (unpaired) electrons. The number of hydrogen-bond acceptors (Lipinski definition) is 5. The lowest BCUT2D eigenvalue weighted by molar-refractivity contribution is 0.165. The van der Waals surface area contributed by atoms with Crippen molar-refractivity contribution >= 4 is 20.1 Å². The first kappa shape index (κ1) is 25.9. The number of benzene rings is 2. The van der Waals surface area contributed by atoms with Crippen molar-refractivity contribution in [3.05, 3.63) is 66.2 Å². The highest BCUT2D eigenvalue weighted by atomic mass is 32.2. The molecule has 1 aliphatic carbocycles. The van der Waals surface area contributed by atoms with Gasteiger partial charge in [0.25, 0.3) is 0 Å². The molecule has 4 nitrogen and oxygen atoms in total. The number of ether oxygens (including phenoxy) is 2. The van der Waals surface area contributed by atoms with Gasteiger partial charge in [-0.25, -0.2) is 0 Å². The van der Waals surface area contributed by atoms with E-state index in [4.69, 9.17) is 13.9 Å². The number of thioether (sulfide) groups is 1. The second-order valence-electron chi connectivity index (χ2n) is 10.2. The third kappa shape index (κ3) is 5.51. The summed E-state index contributed by atoms with van der Waals surface area (Å²) in [4.78, 5) is 1.18. The van der Waals surface area contributed by atoms with Crippen LogP contribution in [0, 0.1) is 0 Å². The second-order valence-corrected chi connectivity index (χ2v) is 16.2. The summed E-state index contributed by atoms with van der Waals surface area (Å²) in [5.74, 6) is 1.35. The van der Waals surface area contributed by atoms with Crippen LogP contribution in [0.15, 0.2) is 65.6 Å². The van der Waals surface area contributed by atoms with E-state index in [0.717, 1.165) is 12.0 Å². The Bertz CT molecular complexity index is 954. The van der Waals surface area contributed by atoms with Crippen molar-refractivity contribution in [1.82, 2.24) is 0 Å². The smallest absolute Gasteiger partial charge is 0.192 e. The van der Waals surface area contributed by atoms with E-state index in [-0.39, 0.29) is 23.0 Å². The minimum atomic E-state index is -1.94. The minimum Gasteiger partial charge on any atom is -0.493 e. The summed E-state index contributed by atoms with van der Waals surface area (Å²) in [5.41, 5.74) is 0.450. The summed E-state index contributed by atoms with van der Waals surface area (Å²) in [6, 6.07) is 16.3. The molecular formula is C27H38O4SSi. The Labute approximate surface area is 204 Å². The van der Waals surface area contributed by atoms with Crippen LogP contribution >= 0.6 is 11.8 Å². The summed E-state index contributed by atoms with van der Waals surface area (Å²) in [6.45, 7) is 11.4. The largest absolute Gasteiger partial charge is 0.493 e. The van der Waals surface area contributed by atoms with Gasteiger partial charge in [0.05, 0.1) is 26.9 Å². The van der Waals surface area contributed by atoms with Gasteiger partial charge < -0.3 is 19.0 Å². The lowest BCUT2D eigenvalue weighted by Crippen LogP contribution is -2.49. The minimum absolute atomic E-state index is 0.00368. The van der Waals surface area contributed by atoms with E-state index in [1.807, 2.05) is 24.3 Å². The van der Waals surface area contributed by atoms with Crippen molar-refractivity contribution in [3.8, 4) is 11.5 Å². The molecule has 1 N–H and O–H groups in total. The van der Waals surface area contributed by atoms with Gasteiger partial charge in [-0.15, -0.1) is 11.8 Å². The molecule has 33 heavy (non-hydrogen) atoms. The summed E-state index contributed by atoms with van der Waals surface area (Å²) >= 11 is 1.80. The number of hydrogen-bond donors (Lipinski definition) is 1. The maximum Gasteiger partial charge on any atom is 0.192 e. The van der Waals surface area contributed by atoms with Gasteiger partial charge in [-0.3, -0.25) is 0 Å². The first-order valence-corrected chi connectivity index (χ1v) is 15.3. The molecule has 0 amide bonds. The zero-order valence-electron chi connectivity index (χ0n) is 20.9. The topological polar surface area (TPSA) is 47.9 Å². The van der Waals surface area contributed by atoms with Crippen molar-refractivity contribution in [1.29, 1.82) is 0 Å². The van der Waals surface area contributed by atoms with Crippen LogP contribution in [-0.4, -0.2) is 45.6 Å². The van der Waals surface area contributed by atoms with Crippen LogP contribution in [-0.2, 0) is 9.84 Å². The molecule has 0 bridgehead atoms. The van der Waals surface area contributed by atoms with Gasteiger partial charge in [0.2, 0.25) is 0 Å². The molecule has 0 saturated carbocycles. The average molecular weight is 487 g/mol. The fraction of sp³-hybridized carbons (Fsp3) is 0.481. The zero-order valence-corrected chi connectivity index (χ0v) is 22.7. The SMILES string of the molecule is COc1ccc([C@]2(CO)C=C[C@@H](O[Si](C)(C)C(C)(C)C)C[C@@H]2Sc2ccccc2)cc1OC. The van der Waals surface area contributed by atoms with Gasteiger partial charge >= 0.3 is 0 Å². The highest BCUT2D eigenvalue weighted by molar-refractivity contribution is 8.00. The maximum absolute atomic E-state index is 10.8. The molecule has 0 heterocycles.